The van der Waals surface area contributed by atoms with Gasteiger partial charge in [-0.1, -0.05) is 24.1 Å². The van der Waals surface area contributed by atoms with E-state index in [1.807, 2.05) is 38.2 Å². The molecule has 3 heteroatoms. The van der Waals surface area contributed by atoms with E-state index in [2.05, 4.69) is 12.2 Å². The smallest absolute Gasteiger partial charge is 0.0529 e. The fourth-order valence-electron chi connectivity index (χ4n) is 1.64. The molecule has 0 radical (unpaired) electrons. The molecule has 1 aromatic rings. The van der Waals surface area contributed by atoms with Gasteiger partial charge < -0.3 is 5.32 Å². The molecule has 0 saturated heterocycles. The lowest BCUT2D eigenvalue weighted by molar-refractivity contribution is 0.537. The molecular formula is C14H23NOS. The van der Waals surface area contributed by atoms with Crippen LogP contribution in [0.1, 0.15) is 31.7 Å². The minimum atomic E-state index is -0.829. The molecule has 0 amide bonds. The molecule has 0 saturated carbocycles. The number of hydrogen-bond donors (Lipinski definition) is 1. The maximum atomic E-state index is 12.0. The van der Waals surface area contributed by atoms with E-state index < -0.39 is 10.8 Å². The number of rotatable bonds is 7. The largest absolute Gasteiger partial charge is 0.317 e. The number of aryl methyl sites for hydroxylation is 1. The van der Waals surface area contributed by atoms with Gasteiger partial charge in [0.05, 0.1) is 10.8 Å². The van der Waals surface area contributed by atoms with Crippen molar-refractivity contribution in [3.8, 4) is 0 Å². The van der Waals surface area contributed by atoms with E-state index >= 15 is 0 Å². The molecule has 96 valence electrons. The summed E-state index contributed by atoms with van der Waals surface area (Å²) in [6.07, 6.45) is 3.33. The molecule has 0 aliphatic rings. The lowest BCUT2D eigenvalue weighted by Gasteiger charge is -2.09. The van der Waals surface area contributed by atoms with Crippen LogP contribution in [0.4, 0.5) is 0 Å². The van der Waals surface area contributed by atoms with Crippen LogP contribution in [0.15, 0.2) is 29.2 Å². The van der Waals surface area contributed by atoms with E-state index in [0.717, 1.165) is 29.9 Å². The maximum Gasteiger partial charge on any atom is 0.0529 e. The lowest BCUT2D eigenvalue weighted by atomic mass is 10.1. The Balaban J connectivity index is 2.28. The van der Waals surface area contributed by atoms with Crippen LogP contribution in [0.2, 0.25) is 0 Å². The molecule has 0 spiro atoms. The van der Waals surface area contributed by atoms with Gasteiger partial charge in [0.25, 0.3) is 0 Å². The molecule has 1 aromatic carbocycles. The van der Waals surface area contributed by atoms with Crippen molar-refractivity contribution in [2.75, 3.05) is 12.8 Å². The van der Waals surface area contributed by atoms with Gasteiger partial charge in [-0.3, -0.25) is 4.21 Å². The van der Waals surface area contributed by atoms with Crippen LogP contribution in [0.25, 0.3) is 0 Å². The van der Waals surface area contributed by atoms with Gasteiger partial charge in [0, 0.05) is 16.7 Å². The van der Waals surface area contributed by atoms with E-state index in [-0.39, 0.29) is 0 Å². The summed E-state index contributed by atoms with van der Waals surface area (Å²) in [7, 11) is 1.15. The topological polar surface area (TPSA) is 29.1 Å². The third-order valence-electron chi connectivity index (χ3n) is 2.99. The summed E-state index contributed by atoms with van der Waals surface area (Å²) in [4.78, 5) is 0.956. The van der Waals surface area contributed by atoms with Crippen LogP contribution in [0.5, 0.6) is 0 Å². The highest BCUT2D eigenvalue weighted by atomic mass is 32.2. The van der Waals surface area contributed by atoms with E-state index in [4.69, 9.17) is 0 Å². The van der Waals surface area contributed by atoms with Crippen molar-refractivity contribution in [1.29, 1.82) is 0 Å². The minimum Gasteiger partial charge on any atom is -0.317 e. The normalized spacial score (nSPS) is 14.5. The SMILES string of the molecule is CNC(C)CCCCS(=O)c1ccc(C)cc1. The average Bonchev–Trinajstić information content (AvgIpc) is 2.34. The van der Waals surface area contributed by atoms with Gasteiger partial charge in [-0.15, -0.1) is 0 Å². The molecule has 0 heterocycles. The average molecular weight is 253 g/mol. The first-order valence-corrected chi connectivity index (χ1v) is 7.57. The third-order valence-corrected chi connectivity index (χ3v) is 4.45. The molecule has 2 atom stereocenters. The summed E-state index contributed by atoms with van der Waals surface area (Å²) in [6.45, 7) is 4.22. The summed E-state index contributed by atoms with van der Waals surface area (Å²) in [5.41, 5.74) is 1.22. The van der Waals surface area contributed by atoms with Crippen molar-refractivity contribution < 1.29 is 4.21 Å². The zero-order valence-corrected chi connectivity index (χ0v) is 11.8. The standard InChI is InChI=1S/C14H23NOS/c1-12-7-9-14(10-8-12)17(16)11-5-4-6-13(2)15-3/h7-10,13,15H,4-6,11H2,1-3H3. The van der Waals surface area contributed by atoms with Gasteiger partial charge in [-0.05, 0) is 45.9 Å². The van der Waals surface area contributed by atoms with Crippen molar-refractivity contribution in [2.24, 2.45) is 0 Å². The Morgan fingerprint density at radius 2 is 1.88 bits per heavy atom. The van der Waals surface area contributed by atoms with E-state index in [1.54, 1.807) is 0 Å². The first-order chi connectivity index (χ1) is 8.13. The minimum absolute atomic E-state index is 0.558. The Kier molecular flexibility index (Phi) is 6.45. The summed E-state index contributed by atoms with van der Waals surface area (Å²) >= 11 is 0. The van der Waals surface area contributed by atoms with E-state index in [1.165, 1.54) is 5.56 Å². The van der Waals surface area contributed by atoms with Crippen LogP contribution >= 0.6 is 0 Å². The Bertz CT molecular complexity index is 348. The third kappa shape index (κ3) is 5.46. The van der Waals surface area contributed by atoms with Gasteiger partial charge in [0.1, 0.15) is 0 Å². The number of benzene rings is 1. The molecular weight excluding hydrogens is 230 g/mol. The van der Waals surface area contributed by atoms with Gasteiger partial charge in [0.2, 0.25) is 0 Å². The Hall–Kier alpha value is -0.670. The molecule has 0 aliphatic carbocycles. The van der Waals surface area contributed by atoms with Gasteiger partial charge in [0.15, 0.2) is 0 Å². The second-order valence-corrected chi connectivity index (χ2v) is 6.12. The monoisotopic (exact) mass is 253 g/mol. The van der Waals surface area contributed by atoms with E-state index in [0.29, 0.717) is 6.04 Å². The second kappa shape index (κ2) is 7.62. The summed E-state index contributed by atoms with van der Waals surface area (Å²) in [5, 5.41) is 3.22. The number of nitrogens with one attached hydrogen (secondary N) is 1. The van der Waals surface area contributed by atoms with E-state index in [9.17, 15) is 4.21 Å². The van der Waals surface area contributed by atoms with Crippen LogP contribution in [-0.4, -0.2) is 23.1 Å². The molecule has 1 rings (SSSR count). The predicted molar refractivity (Wildman–Crippen MR) is 74.8 cm³/mol. The maximum absolute atomic E-state index is 12.0. The Labute approximate surface area is 107 Å². The summed E-state index contributed by atoms with van der Waals surface area (Å²) in [6, 6.07) is 8.55. The Morgan fingerprint density at radius 3 is 2.47 bits per heavy atom. The molecule has 1 N–H and O–H groups in total. The quantitative estimate of drug-likeness (QED) is 0.757. The van der Waals surface area contributed by atoms with Gasteiger partial charge >= 0.3 is 0 Å². The van der Waals surface area contributed by atoms with Crippen molar-refractivity contribution in [2.45, 2.75) is 44.0 Å². The molecule has 0 fully saturated rings. The molecule has 0 bridgehead atoms. The van der Waals surface area contributed by atoms with Gasteiger partial charge in [-0.25, -0.2) is 0 Å². The molecule has 17 heavy (non-hydrogen) atoms. The van der Waals surface area contributed by atoms with Crippen LogP contribution in [0, 0.1) is 6.92 Å². The van der Waals surface area contributed by atoms with Crippen molar-refractivity contribution in [1.82, 2.24) is 5.32 Å². The van der Waals surface area contributed by atoms with Crippen LogP contribution in [0.3, 0.4) is 0 Å². The molecule has 2 nitrogen and oxygen atoms in total. The Morgan fingerprint density at radius 1 is 1.24 bits per heavy atom. The second-order valence-electron chi connectivity index (χ2n) is 4.55. The van der Waals surface area contributed by atoms with Crippen LogP contribution < -0.4 is 5.32 Å². The first kappa shape index (κ1) is 14.4. The van der Waals surface area contributed by atoms with Crippen molar-refractivity contribution in [3.05, 3.63) is 29.8 Å². The lowest BCUT2D eigenvalue weighted by Crippen LogP contribution is -2.20. The fraction of sp³-hybridized carbons (Fsp3) is 0.571. The highest BCUT2D eigenvalue weighted by molar-refractivity contribution is 7.85. The zero-order chi connectivity index (χ0) is 12.7. The van der Waals surface area contributed by atoms with Crippen molar-refractivity contribution in [3.63, 3.8) is 0 Å². The predicted octanol–water partition coefficient (Wildman–Crippen LogP) is 2.88. The van der Waals surface area contributed by atoms with Crippen molar-refractivity contribution >= 4 is 10.8 Å². The highest BCUT2D eigenvalue weighted by Crippen LogP contribution is 2.10. The summed E-state index contributed by atoms with van der Waals surface area (Å²) < 4.78 is 12.0. The molecule has 0 aromatic heterocycles. The molecule has 0 aliphatic heterocycles. The highest BCUT2D eigenvalue weighted by Gasteiger charge is 2.04. The summed E-state index contributed by atoms with van der Waals surface area (Å²) in [5.74, 6) is 0.777. The number of unbranched alkanes of at least 4 members (excludes halogenated alkanes) is 1. The fourth-order valence-corrected chi connectivity index (χ4v) is 2.78. The zero-order valence-electron chi connectivity index (χ0n) is 11.0. The van der Waals surface area contributed by atoms with Crippen LogP contribution in [-0.2, 0) is 10.8 Å². The number of hydrogen-bond acceptors (Lipinski definition) is 2. The first-order valence-electron chi connectivity index (χ1n) is 6.26. The molecule has 2 unspecified atom stereocenters. The van der Waals surface area contributed by atoms with Gasteiger partial charge in [-0.2, -0.15) is 0 Å².